The molecule has 0 heterocycles. The summed E-state index contributed by atoms with van der Waals surface area (Å²) in [5, 5.41) is 12.3. The zero-order valence-electron chi connectivity index (χ0n) is 18.5. The number of phenols is 1. The van der Waals surface area contributed by atoms with Gasteiger partial charge in [0.15, 0.2) is 0 Å². The summed E-state index contributed by atoms with van der Waals surface area (Å²) < 4.78 is 25.4. The van der Waals surface area contributed by atoms with E-state index < -0.39 is 10.9 Å². The molecule has 34 heavy (non-hydrogen) atoms. The van der Waals surface area contributed by atoms with Crippen molar-refractivity contribution in [3.05, 3.63) is 114 Å². The average molecular weight is 473 g/mol. The van der Waals surface area contributed by atoms with Gasteiger partial charge in [0, 0.05) is 12.1 Å². The Morgan fingerprint density at radius 1 is 0.853 bits per heavy atom. The molecule has 0 saturated carbocycles. The van der Waals surface area contributed by atoms with Gasteiger partial charge in [0.2, 0.25) is 10.9 Å². The Bertz CT molecular complexity index is 1370. The van der Waals surface area contributed by atoms with Crippen molar-refractivity contribution in [3.8, 4) is 16.9 Å². The number of hydrogen-bond acceptors (Lipinski definition) is 4. The molecule has 0 aliphatic heterocycles. The second kappa shape index (κ2) is 10.2. The minimum atomic E-state index is -2.90. The van der Waals surface area contributed by atoms with Gasteiger partial charge in [-0.05, 0) is 71.6 Å². The Hall–Kier alpha value is -4.10. The zero-order valence-corrected chi connectivity index (χ0v) is 19.4. The van der Waals surface area contributed by atoms with Crippen molar-refractivity contribution in [2.45, 2.75) is 13.5 Å². The molecule has 0 radical (unpaired) electrons. The Kier molecular flexibility index (Phi) is 6.94. The van der Waals surface area contributed by atoms with Gasteiger partial charge in [-0.1, -0.05) is 54.6 Å². The molecule has 172 valence electrons. The molecule has 4 aromatic carbocycles. The average Bonchev–Trinajstić information content (AvgIpc) is 2.85. The van der Waals surface area contributed by atoms with E-state index in [9.17, 15) is 18.3 Å². The second-order valence-electron chi connectivity index (χ2n) is 7.81. The monoisotopic (exact) mass is 472 g/mol. The third kappa shape index (κ3) is 5.27. The van der Waals surface area contributed by atoms with Crippen molar-refractivity contribution in [3.63, 3.8) is 0 Å². The molecule has 0 bridgehead atoms. The molecule has 0 aromatic heterocycles. The summed E-state index contributed by atoms with van der Waals surface area (Å²) in [4.78, 5) is 12.7. The van der Waals surface area contributed by atoms with E-state index in [1.165, 1.54) is 4.31 Å². The van der Waals surface area contributed by atoms with E-state index >= 15 is 0 Å². The number of carbonyl (C=O) groups is 1. The first-order chi connectivity index (χ1) is 16.4. The summed E-state index contributed by atoms with van der Waals surface area (Å²) in [5.74, 6) is -0.0266. The Morgan fingerprint density at radius 3 is 2.15 bits per heavy atom. The van der Waals surface area contributed by atoms with Gasteiger partial charge in [-0.3, -0.25) is 4.79 Å². The largest absolute Gasteiger partial charge is 0.508 e. The van der Waals surface area contributed by atoms with Crippen LogP contribution in [0.1, 0.15) is 21.5 Å². The lowest BCUT2D eigenvalue weighted by molar-refractivity contribution is 0.0951. The number of aromatic hydroxyl groups is 1. The fourth-order valence-corrected chi connectivity index (χ4v) is 4.39. The summed E-state index contributed by atoms with van der Waals surface area (Å²) in [6.45, 7) is 2.11. The van der Waals surface area contributed by atoms with Gasteiger partial charge in [0.25, 0.3) is 5.91 Å². The van der Waals surface area contributed by atoms with E-state index in [1.807, 2.05) is 49.4 Å². The number of amides is 1. The smallest absolute Gasteiger partial charge is 0.251 e. The summed E-state index contributed by atoms with van der Waals surface area (Å²) in [6, 6.07) is 28.4. The van der Waals surface area contributed by atoms with Gasteiger partial charge in [-0.2, -0.15) is 0 Å². The fourth-order valence-electron chi connectivity index (χ4n) is 3.67. The number of thiol groups is 1. The van der Waals surface area contributed by atoms with Crippen LogP contribution < -0.4 is 9.62 Å². The molecule has 1 amide bonds. The number of carbonyl (C=O) groups excluding carboxylic acids is 1. The first-order valence-electron chi connectivity index (χ1n) is 10.7. The number of aryl methyl sites for hydroxylation is 1. The molecule has 7 heteroatoms. The van der Waals surface area contributed by atoms with Crippen molar-refractivity contribution in [1.29, 1.82) is 0 Å². The number of phenolic OH excluding ortho intramolecular Hbond substituents is 1. The first kappa shape index (κ1) is 23.1. The number of para-hydroxylation sites is 1. The molecule has 0 saturated heterocycles. The van der Waals surface area contributed by atoms with Gasteiger partial charge in [0.1, 0.15) is 5.75 Å². The minimum Gasteiger partial charge on any atom is -0.508 e. The number of benzene rings is 4. The zero-order chi connectivity index (χ0) is 24.1. The van der Waals surface area contributed by atoms with Crippen molar-refractivity contribution >= 4 is 28.2 Å². The van der Waals surface area contributed by atoms with Crippen molar-refractivity contribution in [1.82, 2.24) is 5.32 Å². The summed E-state index contributed by atoms with van der Waals surface area (Å²) in [5.41, 5.74) is 5.12. The van der Waals surface area contributed by atoms with Crippen molar-refractivity contribution < 1.29 is 18.3 Å². The van der Waals surface area contributed by atoms with Crippen LogP contribution in [0.15, 0.2) is 97.1 Å². The van der Waals surface area contributed by atoms with Crippen LogP contribution in [-0.4, -0.2) is 19.4 Å². The number of nitrogens with one attached hydrogen (secondary N) is 1. The molecule has 4 aromatic rings. The summed E-state index contributed by atoms with van der Waals surface area (Å²) in [6.07, 6.45) is 0. The molecule has 6 nitrogen and oxygen atoms in total. The molecular weight excluding hydrogens is 448 g/mol. The van der Waals surface area contributed by atoms with Gasteiger partial charge in [-0.25, -0.2) is 12.7 Å². The first-order valence-corrected chi connectivity index (χ1v) is 11.8. The maximum atomic E-state index is 12.7. The molecule has 0 spiro atoms. The normalized spacial score (nSPS) is 10.8. The molecule has 2 N–H and O–H groups in total. The van der Waals surface area contributed by atoms with Gasteiger partial charge >= 0.3 is 0 Å². The Balaban J connectivity index is 1.47. The van der Waals surface area contributed by atoms with Crippen LogP contribution in [0.3, 0.4) is 0 Å². The van der Waals surface area contributed by atoms with Crippen molar-refractivity contribution in [2.24, 2.45) is 0 Å². The number of anilines is 2. The third-order valence-electron chi connectivity index (χ3n) is 5.46. The Labute approximate surface area is 200 Å². The van der Waals surface area contributed by atoms with E-state index in [-0.39, 0.29) is 18.2 Å². The summed E-state index contributed by atoms with van der Waals surface area (Å²) >= 11 is 0. The van der Waals surface area contributed by atoms with E-state index in [0.717, 1.165) is 22.3 Å². The lowest BCUT2D eigenvalue weighted by Crippen LogP contribution is -2.23. The minimum absolute atomic E-state index is 0.202. The molecule has 0 aliphatic carbocycles. The number of hydrogen-bond donors (Lipinski definition) is 3. The highest BCUT2D eigenvalue weighted by atomic mass is 32.2. The predicted molar refractivity (Wildman–Crippen MR) is 135 cm³/mol. The van der Waals surface area contributed by atoms with E-state index in [0.29, 0.717) is 16.9 Å². The van der Waals surface area contributed by atoms with Crippen LogP contribution in [-0.2, 0) is 17.4 Å². The summed E-state index contributed by atoms with van der Waals surface area (Å²) in [7, 11) is -2.90. The lowest BCUT2D eigenvalue weighted by Gasteiger charge is -2.20. The van der Waals surface area contributed by atoms with Gasteiger partial charge in [-0.15, -0.1) is 0 Å². The van der Waals surface area contributed by atoms with Crippen LogP contribution in [0.5, 0.6) is 5.75 Å². The molecule has 0 unspecified atom stereocenters. The SMILES string of the molecule is Cc1ccccc1N(c1cccc(CNC(=O)c2ccc(-c3ccc(O)cc3)cc2)c1)[SH](=O)=O. The number of rotatable bonds is 7. The molecular formula is C27H24N2O4S. The van der Waals surface area contributed by atoms with Crippen molar-refractivity contribution in [2.75, 3.05) is 4.31 Å². The van der Waals surface area contributed by atoms with Gasteiger partial charge < -0.3 is 10.4 Å². The fraction of sp³-hybridized carbons (Fsp3) is 0.0741. The van der Waals surface area contributed by atoms with Gasteiger partial charge in [0.05, 0.1) is 11.4 Å². The predicted octanol–water partition coefficient (Wildman–Crippen LogP) is 4.96. The lowest BCUT2D eigenvalue weighted by atomic mass is 10.0. The van der Waals surface area contributed by atoms with Crippen LogP contribution >= 0.6 is 0 Å². The standard InChI is InChI=1S/C27H24N2O4S/c1-19-5-2-3-8-26(19)29(34(32)33)24-7-4-6-20(17-24)18-28-27(31)23-11-9-21(10-12-23)22-13-15-25(30)16-14-22/h2-17,30,34H,18H2,1H3,(H,28,31). The van der Waals surface area contributed by atoms with E-state index in [2.05, 4.69) is 5.32 Å². The van der Waals surface area contributed by atoms with Crippen LogP contribution in [0.2, 0.25) is 0 Å². The topological polar surface area (TPSA) is 86.7 Å². The van der Waals surface area contributed by atoms with Crippen LogP contribution in [0.25, 0.3) is 11.1 Å². The van der Waals surface area contributed by atoms with Crippen LogP contribution in [0, 0.1) is 6.92 Å². The molecule has 0 aliphatic rings. The highest BCUT2D eigenvalue weighted by Crippen LogP contribution is 2.29. The van der Waals surface area contributed by atoms with E-state index in [4.69, 9.17) is 0 Å². The molecule has 0 atom stereocenters. The third-order valence-corrected chi connectivity index (χ3v) is 6.24. The highest BCUT2D eigenvalue weighted by Gasteiger charge is 2.14. The Morgan fingerprint density at radius 2 is 1.50 bits per heavy atom. The highest BCUT2D eigenvalue weighted by molar-refractivity contribution is 7.74. The molecule has 0 fully saturated rings. The second-order valence-corrected chi connectivity index (χ2v) is 8.69. The maximum Gasteiger partial charge on any atom is 0.251 e. The number of nitrogens with zero attached hydrogens (tertiary/aromatic N) is 1. The van der Waals surface area contributed by atoms with Crippen LogP contribution in [0.4, 0.5) is 11.4 Å². The quantitative estimate of drug-likeness (QED) is 0.332. The van der Waals surface area contributed by atoms with E-state index in [1.54, 1.807) is 54.6 Å². The maximum absolute atomic E-state index is 12.7. The molecule has 4 rings (SSSR count).